The SMILES string of the molecule is CCCCNC(=O)C[n+]1ccn(CC)c1.F[B-](F)(F)F. The van der Waals surface area contributed by atoms with Gasteiger partial charge < -0.3 is 22.6 Å². The lowest BCUT2D eigenvalue weighted by Gasteiger charge is -2.01. The Kier molecular flexibility index (Phi) is 8.66. The standard InChI is InChI=1S/C11H19N3O.BF4/c1-3-5-6-12-11(15)9-14-8-7-13(4-2)10-14;2-1(3,4)5/h7-8,10H,3-6,9H2,1-2H3;/q;-1/p+1. The Balaban J connectivity index is 0.000000621. The quantitative estimate of drug-likeness (QED) is 0.371. The van der Waals surface area contributed by atoms with E-state index in [1.165, 1.54) is 0 Å². The van der Waals surface area contributed by atoms with Gasteiger partial charge >= 0.3 is 7.25 Å². The molecule has 0 saturated carbocycles. The minimum absolute atomic E-state index is 0.0855. The number of amides is 1. The normalized spacial score (nSPS) is 10.7. The lowest BCUT2D eigenvalue weighted by Crippen LogP contribution is -2.41. The number of rotatable bonds is 6. The summed E-state index contributed by atoms with van der Waals surface area (Å²) in [5, 5.41) is 2.89. The number of nitrogens with zero attached hydrogens (tertiary/aromatic N) is 2. The van der Waals surface area contributed by atoms with Gasteiger partial charge in [0.25, 0.3) is 5.91 Å². The van der Waals surface area contributed by atoms with Crippen molar-refractivity contribution in [3.8, 4) is 0 Å². The van der Waals surface area contributed by atoms with Crippen molar-refractivity contribution in [2.24, 2.45) is 0 Å². The van der Waals surface area contributed by atoms with Crippen LogP contribution in [0.25, 0.3) is 0 Å². The van der Waals surface area contributed by atoms with Crippen molar-refractivity contribution in [3.63, 3.8) is 0 Å². The van der Waals surface area contributed by atoms with Gasteiger partial charge in [-0.3, -0.25) is 4.79 Å². The molecule has 0 radical (unpaired) electrons. The molecule has 0 bridgehead atoms. The van der Waals surface area contributed by atoms with E-state index >= 15 is 0 Å². The van der Waals surface area contributed by atoms with Crippen LogP contribution in [0.2, 0.25) is 0 Å². The Morgan fingerprint density at radius 2 is 1.90 bits per heavy atom. The molecular formula is C11H20BF4N3O. The summed E-state index contributed by atoms with van der Waals surface area (Å²) in [7, 11) is -6.00. The third kappa shape index (κ3) is 11.5. The van der Waals surface area contributed by atoms with Crippen molar-refractivity contribution in [3.05, 3.63) is 18.7 Å². The lowest BCUT2D eigenvalue weighted by atomic mass is 10.3. The zero-order chi connectivity index (χ0) is 15.6. The number of aromatic nitrogens is 2. The second kappa shape index (κ2) is 9.38. The number of unbranched alkanes of at least 4 members (excludes halogenated alkanes) is 1. The van der Waals surface area contributed by atoms with Crippen molar-refractivity contribution in [1.29, 1.82) is 0 Å². The molecule has 0 spiro atoms. The minimum atomic E-state index is -6.00. The Morgan fingerprint density at radius 3 is 2.35 bits per heavy atom. The predicted octanol–water partition coefficient (Wildman–Crippen LogP) is 2.01. The molecule has 1 N–H and O–H groups in total. The average molecular weight is 297 g/mol. The van der Waals surface area contributed by atoms with Crippen LogP contribution in [-0.4, -0.2) is 24.3 Å². The van der Waals surface area contributed by atoms with E-state index in [9.17, 15) is 22.1 Å². The van der Waals surface area contributed by atoms with Crippen LogP contribution in [0.5, 0.6) is 0 Å². The van der Waals surface area contributed by atoms with E-state index in [2.05, 4.69) is 19.2 Å². The number of hydrogen-bond acceptors (Lipinski definition) is 1. The van der Waals surface area contributed by atoms with Crippen molar-refractivity contribution < 1.29 is 26.6 Å². The molecule has 0 aromatic carbocycles. The van der Waals surface area contributed by atoms with Gasteiger partial charge in [0.05, 0.1) is 6.54 Å². The molecule has 9 heteroatoms. The second-order valence-corrected chi connectivity index (χ2v) is 4.11. The summed E-state index contributed by atoms with van der Waals surface area (Å²) in [5.74, 6) is 0.0855. The minimum Gasteiger partial charge on any atom is -0.418 e. The molecule has 20 heavy (non-hydrogen) atoms. The zero-order valence-electron chi connectivity index (χ0n) is 11.7. The fraction of sp³-hybridized carbons (Fsp3) is 0.636. The molecule has 0 atom stereocenters. The first kappa shape index (κ1) is 18.5. The Labute approximate surface area is 115 Å². The van der Waals surface area contributed by atoms with Gasteiger partial charge in [0.1, 0.15) is 12.4 Å². The largest absolute Gasteiger partial charge is 0.673 e. The molecule has 1 heterocycles. The van der Waals surface area contributed by atoms with E-state index in [0.717, 1.165) is 25.9 Å². The number of carbonyl (C=O) groups is 1. The van der Waals surface area contributed by atoms with Crippen molar-refractivity contribution >= 4 is 13.2 Å². The smallest absolute Gasteiger partial charge is 0.418 e. The van der Waals surface area contributed by atoms with E-state index in [-0.39, 0.29) is 5.91 Å². The number of aryl methyl sites for hydroxylation is 1. The molecule has 1 rings (SSSR count). The number of nitrogens with one attached hydrogen (secondary N) is 1. The molecular weight excluding hydrogens is 277 g/mol. The molecule has 4 nitrogen and oxygen atoms in total. The number of halogens is 4. The molecule has 0 saturated heterocycles. The van der Waals surface area contributed by atoms with Gasteiger partial charge in [-0.2, -0.15) is 0 Å². The van der Waals surface area contributed by atoms with Crippen LogP contribution in [0.4, 0.5) is 17.3 Å². The third-order valence-electron chi connectivity index (χ3n) is 2.29. The zero-order valence-corrected chi connectivity index (χ0v) is 11.7. The van der Waals surface area contributed by atoms with Crippen LogP contribution < -0.4 is 9.88 Å². The molecule has 0 aliphatic carbocycles. The summed E-state index contributed by atoms with van der Waals surface area (Å²) in [6.45, 7) is 6.32. The molecule has 1 aromatic heterocycles. The first-order valence-electron chi connectivity index (χ1n) is 6.45. The highest BCUT2D eigenvalue weighted by atomic mass is 19.5. The summed E-state index contributed by atoms with van der Waals surface area (Å²) in [5.41, 5.74) is 0. The summed E-state index contributed by atoms with van der Waals surface area (Å²) in [6.07, 6.45) is 7.99. The average Bonchev–Trinajstić information content (AvgIpc) is 2.75. The Bertz CT molecular complexity index is 389. The molecule has 0 aliphatic heterocycles. The van der Waals surface area contributed by atoms with Crippen LogP contribution in [0.3, 0.4) is 0 Å². The highest BCUT2D eigenvalue weighted by molar-refractivity contribution is 6.50. The van der Waals surface area contributed by atoms with E-state index in [4.69, 9.17) is 0 Å². The maximum atomic E-state index is 11.4. The predicted molar refractivity (Wildman–Crippen MR) is 68.4 cm³/mol. The van der Waals surface area contributed by atoms with Gasteiger partial charge in [0, 0.05) is 6.54 Å². The molecule has 0 unspecified atom stereocenters. The first-order valence-corrected chi connectivity index (χ1v) is 6.45. The highest BCUT2D eigenvalue weighted by Crippen LogP contribution is 2.06. The molecule has 116 valence electrons. The fourth-order valence-electron chi connectivity index (χ4n) is 1.35. The van der Waals surface area contributed by atoms with Gasteiger partial charge in [-0.05, 0) is 13.3 Å². The summed E-state index contributed by atoms with van der Waals surface area (Å²) >= 11 is 0. The molecule has 1 aromatic rings. The number of hydrogen-bond donors (Lipinski definition) is 1. The lowest BCUT2D eigenvalue weighted by molar-refractivity contribution is -0.684. The third-order valence-corrected chi connectivity index (χ3v) is 2.29. The monoisotopic (exact) mass is 297 g/mol. The van der Waals surface area contributed by atoms with Crippen molar-refractivity contribution in [1.82, 2.24) is 9.88 Å². The maximum Gasteiger partial charge on any atom is 0.673 e. The first-order chi connectivity index (χ1) is 9.26. The van der Waals surface area contributed by atoms with Crippen LogP contribution in [0.15, 0.2) is 18.7 Å². The number of carbonyl (C=O) groups excluding carboxylic acids is 1. The van der Waals surface area contributed by atoms with E-state index in [1.807, 2.05) is 27.9 Å². The Hall–Kier alpha value is -1.54. The van der Waals surface area contributed by atoms with E-state index in [1.54, 1.807) is 0 Å². The van der Waals surface area contributed by atoms with Crippen molar-refractivity contribution in [2.45, 2.75) is 39.8 Å². The maximum absolute atomic E-state index is 11.4. The summed E-state index contributed by atoms with van der Waals surface area (Å²) in [6, 6.07) is 0. The topological polar surface area (TPSA) is 37.9 Å². The van der Waals surface area contributed by atoms with Gasteiger partial charge in [-0.25, -0.2) is 9.13 Å². The van der Waals surface area contributed by atoms with Crippen LogP contribution in [-0.2, 0) is 17.9 Å². The molecule has 0 aliphatic rings. The van der Waals surface area contributed by atoms with E-state index < -0.39 is 7.25 Å². The second-order valence-electron chi connectivity index (χ2n) is 4.11. The van der Waals surface area contributed by atoms with Crippen LogP contribution in [0.1, 0.15) is 26.7 Å². The van der Waals surface area contributed by atoms with Gasteiger partial charge in [0.15, 0.2) is 6.54 Å². The molecule has 1 amide bonds. The summed E-state index contributed by atoms with van der Waals surface area (Å²) < 4.78 is 42.9. The summed E-state index contributed by atoms with van der Waals surface area (Å²) in [4.78, 5) is 11.4. The highest BCUT2D eigenvalue weighted by Gasteiger charge is 2.20. The van der Waals surface area contributed by atoms with Gasteiger partial charge in [-0.15, -0.1) is 0 Å². The number of imidazole rings is 1. The van der Waals surface area contributed by atoms with Crippen LogP contribution in [0, 0.1) is 0 Å². The van der Waals surface area contributed by atoms with Gasteiger partial charge in [0.2, 0.25) is 6.33 Å². The fourth-order valence-corrected chi connectivity index (χ4v) is 1.35. The van der Waals surface area contributed by atoms with Gasteiger partial charge in [-0.1, -0.05) is 13.3 Å². The Morgan fingerprint density at radius 1 is 1.30 bits per heavy atom. The van der Waals surface area contributed by atoms with Crippen molar-refractivity contribution in [2.75, 3.05) is 6.54 Å². The molecule has 0 fully saturated rings. The van der Waals surface area contributed by atoms with Crippen LogP contribution >= 0.6 is 0 Å². The van der Waals surface area contributed by atoms with E-state index in [0.29, 0.717) is 6.54 Å².